The number of carbonyl (C=O) groups excluding carboxylic acids is 1. The topological polar surface area (TPSA) is 54.6 Å². The van der Waals surface area contributed by atoms with Crippen LogP contribution in [0.25, 0.3) is 0 Å². The van der Waals surface area contributed by atoms with Crippen LogP contribution < -0.4 is 9.47 Å². The molecule has 1 amide bonds. The third-order valence-corrected chi connectivity index (χ3v) is 4.36. The molecule has 2 aromatic rings. The van der Waals surface area contributed by atoms with E-state index in [9.17, 15) is 4.79 Å². The fourth-order valence-electron chi connectivity index (χ4n) is 3.21. The fourth-order valence-corrected chi connectivity index (χ4v) is 3.21. The third-order valence-electron chi connectivity index (χ3n) is 4.36. The highest BCUT2D eigenvalue weighted by Gasteiger charge is 2.30. The van der Waals surface area contributed by atoms with Gasteiger partial charge in [0, 0.05) is 18.4 Å². The number of methoxy groups -OCH3 is 2. The van der Waals surface area contributed by atoms with Crippen molar-refractivity contribution < 1.29 is 14.3 Å². The SMILES string of the molecule is COc1ccc(CC(=O)N2CCC[C@H]2c2ccc[nH]2)cc1OC. The molecule has 2 heterocycles. The number of aromatic amines is 1. The quantitative estimate of drug-likeness (QED) is 0.923. The van der Waals surface area contributed by atoms with Gasteiger partial charge in [0.2, 0.25) is 5.91 Å². The minimum Gasteiger partial charge on any atom is -0.493 e. The Hall–Kier alpha value is -2.43. The number of carbonyl (C=O) groups is 1. The highest BCUT2D eigenvalue weighted by Crippen LogP contribution is 2.32. The van der Waals surface area contributed by atoms with Gasteiger partial charge in [-0.15, -0.1) is 0 Å². The number of H-pyrrole nitrogens is 1. The van der Waals surface area contributed by atoms with Crippen LogP contribution in [-0.2, 0) is 11.2 Å². The summed E-state index contributed by atoms with van der Waals surface area (Å²) in [6, 6.07) is 9.82. The highest BCUT2D eigenvalue weighted by atomic mass is 16.5. The zero-order valence-electron chi connectivity index (χ0n) is 13.5. The van der Waals surface area contributed by atoms with Crippen LogP contribution in [0, 0.1) is 0 Å². The van der Waals surface area contributed by atoms with E-state index in [4.69, 9.17) is 9.47 Å². The molecule has 5 nitrogen and oxygen atoms in total. The molecular formula is C18H22N2O3. The molecule has 1 aromatic heterocycles. The van der Waals surface area contributed by atoms with Crippen LogP contribution in [0.2, 0.25) is 0 Å². The lowest BCUT2D eigenvalue weighted by Crippen LogP contribution is -2.32. The third kappa shape index (κ3) is 3.18. The van der Waals surface area contributed by atoms with Crippen molar-refractivity contribution in [2.24, 2.45) is 0 Å². The first-order valence-electron chi connectivity index (χ1n) is 7.86. The number of aromatic nitrogens is 1. The second-order valence-electron chi connectivity index (χ2n) is 5.74. The molecule has 1 aliphatic heterocycles. The van der Waals surface area contributed by atoms with Crippen LogP contribution in [0.1, 0.15) is 30.1 Å². The summed E-state index contributed by atoms with van der Waals surface area (Å²) in [6.07, 6.45) is 4.34. The summed E-state index contributed by atoms with van der Waals surface area (Å²) in [5.74, 6) is 1.48. The molecule has 122 valence electrons. The highest BCUT2D eigenvalue weighted by molar-refractivity contribution is 5.79. The summed E-state index contributed by atoms with van der Waals surface area (Å²) < 4.78 is 10.5. The van der Waals surface area contributed by atoms with Gasteiger partial charge >= 0.3 is 0 Å². The van der Waals surface area contributed by atoms with Gasteiger partial charge in [-0.05, 0) is 42.7 Å². The largest absolute Gasteiger partial charge is 0.493 e. The van der Waals surface area contributed by atoms with Gasteiger partial charge in [0.15, 0.2) is 11.5 Å². The average Bonchev–Trinajstić information content (AvgIpc) is 3.25. The Morgan fingerprint density at radius 3 is 2.78 bits per heavy atom. The van der Waals surface area contributed by atoms with Gasteiger partial charge in [0.1, 0.15) is 0 Å². The molecule has 1 aliphatic rings. The lowest BCUT2D eigenvalue weighted by atomic mass is 10.1. The van der Waals surface area contributed by atoms with Crippen LogP contribution in [0.15, 0.2) is 36.5 Å². The van der Waals surface area contributed by atoms with E-state index in [1.807, 2.05) is 41.4 Å². The van der Waals surface area contributed by atoms with Crippen LogP contribution in [0.4, 0.5) is 0 Å². The molecule has 1 N–H and O–H groups in total. The Balaban J connectivity index is 1.74. The minimum absolute atomic E-state index is 0.148. The van der Waals surface area contributed by atoms with Crippen molar-refractivity contribution in [3.05, 3.63) is 47.8 Å². The molecule has 0 radical (unpaired) electrons. The van der Waals surface area contributed by atoms with Crippen LogP contribution in [0.5, 0.6) is 11.5 Å². The average molecular weight is 314 g/mol. The Bertz CT molecular complexity index is 667. The summed E-state index contributed by atoms with van der Waals surface area (Å²) in [5.41, 5.74) is 2.05. The molecule has 1 aromatic carbocycles. The molecule has 5 heteroatoms. The molecule has 0 aliphatic carbocycles. The van der Waals surface area contributed by atoms with E-state index in [0.717, 1.165) is 30.6 Å². The van der Waals surface area contributed by atoms with Crippen molar-refractivity contribution in [3.63, 3.8) is 0 Å². The maximum absolute atomic E-state index is 12.7. The van der Waals surface area contributed by atoms with Gasteiger partial charge < -0.3 is 19.4 Å². The lowest BCUT2D eigenvalue weighted by Gasteiger charge is -2.24. The molecule has 1 fully saturated rings. The summed E-state index contributed by atoms with van der Waals surface area (Å²) in [6.45, 7) is 0.815. The van der Waals surface area contributed by atoms with Crippen molar-refractivity contribution in [1.82, 2.24) is 9.88 Å². The number of ether oxygens (including phenoxy) is 2. The van der Waals surface area contributed by atoms with Gasteiger partial charge in [-0.2, -0.15) is 0 Å². The maximum atomic E-state index is 12.7. The van der Waals surface area contributed by atoms with E-state index < -0.39 is 0 Å². The van der Waals surface area contributed by atoms with Gasteiger partial charge in [0.25, 0.3) is 0 Å². The number of likely N-dealkylation sites (tertiary alicyclic amines) is 1. The van der Waals surface area contributed by atoms with E-state index in [0.29, 0.717) is 17.9 Å². The molecule has 1 atom stereocenters. The second kappa shape index (κ2) is 6.77. The van der Waals surface area contributed by atoms with E-state index in [2.05, 4.69) is 4.98 Å². The summed E-state index contributed by atoms with van der Waals surface area (Å²) in [5, 5.41) is 0. The zero-order valence-corrected chi connectivity index (χ0v) is 13.5. The number of nitrogens with zero attached hydrogens (tertiary/aromatic N) is 1. The Kier molecular flexibility index (Phi) is 4.55. The van der Waals surface area contributed by atoms with Crippen molar-refractivity contribution in [3.8, 4) is 11.5 Å². The molecular weight excluding hydrogens is 292 g/mol. The van der Waals surface area contributed by atoms with Crippen LogP contribution in [-0.4, -0.2) is 36.6 Å². The summed E-state index contributed by atoms with van der Waals surface area (Å²) in [7, 11) is 3.21. The van der Waals surface area contributed by atoms with E-state index in [1.165, 1.54) is 0 Å². The number of amides is 1. The van der Waals surface area contributed by atoms with E-state index in [-0.39, 0.29) is 11.9 Å². The normalized spacial score (nSPS) is 17.3. The van der Waals surface area contributed by atoms with Gasteiger partial charge in [0.05, 0.1) is 26.7 Å². The Morgan fingerprint density at radius 2 is 2.09 bits per heavy atom. The standard InChI is InChI=1S/C18H22N2O3/c1-22-16-8-7-13(11-17(16)23-2)12-18(21)20-10-4-6-15(20)14-5-3-9-19-14/h3,5,7-9,11,15,19H,4,6,10,12H2,1-2H3/t15-/m0/s1. The number of hydrogen-bond acceptors (Lipinski definition) is 3. The van der Waals surface area contributed by atoms with Crippen LogP contribution >= 0.6 is 0 Å². The molecule has 0 unspecified atom stereocenters. The van der Waals surface area contributed by atoms with E-state index in [1.54, 1.807) is 14.2 Å². The Labute approximate surface area is 136 Å². The monoisotopic (exact) mass is 314 g/mol. The first-order chi connectivity index (χ1) is 11.2. The maximum Gasteiger partial charge on any atom is 0.227 e. The molecule has 3 rings (SSSR count). The van der Waals surface area contributed by atoms with E-state index >= 15 is 0 Å². The van der Waals surface area contributed by atoms with Gasteiger partial charge in [-0.1, -0.05) is 6.07 Å². The predicted octanol–water partition coefficient (Wildman–Crippen LogP) is 2.94. The molecule has 1 saturated heterocycles. The predicted molar refractivity (Wildman–Crippen MR) is 87.7 cm³/mol. The first kappa shape index (κ1) is 15.5. The van der Waals surface area contributed by atoms with Crippen molar-refractivity contribution in [1.29, 1.82) is 0 Å². The Morgan fingerprint density at radius 1 is 1.26 bits per heavy atom. The van der Waals surface area contributed by atoms with Crippen LogP contribution in [0.3, 0.4) is 0 Å². The van der Waals surface area contributed by atoms with Crippen molar-refractivity contribution in [2.75, 3.05) is 20.8 Å². The van der Waals surface area contributed by atoms with Crippen molar-refractivity contribution in [2.45, 2.75) is 25.3 Å². The fraction of sp³-hybridized carbons (Fsp3) is 0.389. The number of nitrogens with one attached hydrogen (secondary N) is 1. The summed E-state index contributed by atoms with van der Waals surface area (Å²) >= 11 is 0. The molecule has 23 heavy (non-hydrogen) atoms. The number of benzene rings is 1. The van der Waals surface area contributed by atoms with Crippen molar-refractivity contribution >= 4 is 5.91 Å². The number of rotatable bonds is 5. The molecule has 0 bridgehead atoms. The molecule has 0 spiro atoms. The second-order valence-corrected chi connectivity index (χ2v) is 5.74. The van der Waals surface area contributed by atoms with Gasteiger partial charge in [-0.3, -0.25) is 4.79 Å². The first-order valence-corrected chi connectivity index (χ1v) is 7.86. The minimum atomic E-state index is 0.148. The number of hydrogen-bond donors (Lipinski definition) is 1. The van der Waals surface area contributed by atoms with Gasteiger partial charge in [-0.25, -0.2) is 0 Å². The smallest absolute Gasteiger partial charge is 0.227 e. The summed E-state index contributed by atoms with van der Waals surface area (Å²) in [4.78, 5) is 17.9. The zero-order chi connectivity index (χ0) is 16.2. The lowest BCUT2D eigenvalue weighted by molar-refractivity contribution is -0.131. The molecule has 0 saturated carbocycles.